The fourth-order valence-corrected chi connectivity index (χ4v) is 3.19. The monoisotopic (exact) mass is 233 g/mol. The molecule has 17 heavy (non-hydrogen) atoms. The minimum absolute atomic E-state index is 0.561. The Kier molecular flexibility index (Phi) is 3.08. The zero-order chi connectivity index (χ0) is 11.7. The number of hydrogen-bond donors (Lipinski definition) is 1. The molecule has 1 N–H and O–H groups in total. The summed E-state index contributed by atoms with van der Waals surface area (Å²) in [6, 6.07) is 2.86. The SMILES string of the molecule is CC1CCNc2cc(C3CCCCCC3)nn21. The largest absolute Gasteiger partial charge is 0.370 e. The predicted octanol–water partition coefficient (Wildman–Crippen LogP) is 3.70. The lowest BCUT2D eigenvalue weighted by molar-refractivity contribution is 0.442. The van der Waals surface area contributed by atoms with Crippen molar-refractivity contribution in [1.29, 1.82) is 0 Å². The van der Waals surface area contributed by atoms with E-state index in [1.165, 1.54) is 56.5 Å². The van der Waals surface area contributed by atoms with Gasteiger partial charge in [0.2, 0.25) is 0 Å². The zero-order valence-electron chi connectivity index (χ0n) is 10.8. The summed E-state index contributed by atoms with van der Waals surface area (Å²) in [4.78, 5) is 0. The Morgan fingerprint density at radius 2 is 1.94 bits per heavy atom. The van der Waals surface area contributed by atoms with E-state index in [4.69, 9.17) is 5.10 Å². The summed E-state index contributed by atoms with van der Waals surface area (Å²) < 4.78 is 2.20. The fourth-order valence-electron chi connectivity index (χ4n) is 3.19. The van der Waals surface area contributed by atoms with Gasteiger partial charge in [0.15, 0.2) is 0 Å². The lowest BCUT2D eigenvalue weighted by atomic mass is 9.97. The molecule has 2 heterocycles. The van der Waals surface area contributed by atoms with Gasteiger partial charge in [-0.25, -0.2) is 4.68 Å². The first-order chi connectivity index (χ1) is 8.34. The highest BCUT2D eigenvalue weighted by Crippen LogP contribution is 2.34. The van der Waals surface area contributed by atoms with Gasteiger partial charge in [-0.15, -0.1) is 0 Å². The molecule has 94 valence electrons. The van der Waals surface area contributed by atoms with Crippen LogP contribution in [-0.2, 0) is 0 Å². The minimum atomic E-state index is 0.561. The normalized spacial score (nSPS) is 26.1. The Labute approximate surface area is 104 Å². The lowest BCUT2D eigenvalue weighted by Gasteiger charge is -2.21. The van der Waals surface area contributed by atoms with Crippen molar-refractivity contribution >= 4 is 5.82 Å². The van der Waals surface area contributed by atoms with E-state index in [9.17, 15) is 0 Å². The third-order valence-corrected chi connectivity index (χ3v) is 4.31. The van der Waals surface area contributed by atoms with E-state index in [2.05, 4.69) is 23.0 Å². The van der Waals surface area contributed by atoms with Gasteiger partial charge in [-0.05, 0) is 26.2 Å². The van der Waals surface area contributed by atoms with Crippen LogP contribution in [-0.4, -0.2) is 16.3 Å². The Bertz CT molecular complexity index is 375. The molecule has 1 aromatic rings. The number of anilines is 1. The van der Waals surface area contributed by atoms with Crippen molar-refractivity contribution in [2.45, 2.75) is 63.8 Å². The number of aromatic nitrogens is 2. The molecule has 2 aliphatic rings. The van der Waals surface area contributed by atoms with Crippen molar-refractivity contribution in [1.82, 2.24) is 9.78 Å². The van der Waals surface area contributed by atoms with Gasteiger partial charge >= 0.3 is 0 Å². The molecule has 0 radical (unpaired) electrons. The molecule has 3 heteroatoms. The van der Waals surface area contributed by atoms with Crippen molar-refractivity contribution in [2.24, 2.45) is 0 Å². The Balaban J connectivity index is 1.83. The molecule has 0 saturated heterocycles. The third kappa shape index (κ3) is 2.20. The molecule has 0 aromatic carbocycles. The smallest absolute Gasteiger partial charge is 0.124 e. The van der Waals surface area contributed by atoms with Crippen LogP contribution in [0.5, 0.6) is 0 Å². The highest BCUT2D eigenvalue weighted by molar-refractivity contribution is 5.40. The van der Waals surface area contributed by atoms with Gasteiger partial charge < -0.3 is 5.32 Å². The van der Waals surface area contributed by atoms with Gasteiger partial charge in [0.25, 0.3) is 0 Å². The zero-order valence-corrected chi connectivity index (χ0v) is 10.8. The van der Waals surface area contributed by atoms with E-state index in [-0.39, 0.29) is 0 Å². The average Bonchev–Trinajstić information content (AvgIpc) is 2.59. The molecule has 0 bridgehead atoms. The lowest BCUT2D eigenvalue weighted by Crippen LogP contribution is -2.21. The van der Waals surface area contributed by atoms with Crippen molar-refractivity contribution in [2.75, 3.05) is 11.9 Å². The molecule has 1 aliphatic carbocycles. The maximum atomic E-state index is 4.85. The highest BCUT2D eigenvalue weighted by atomic mass is 15.4. The maximum absolute atomic E-state index is 4.85. The van der Waals surface area contributed by atoms with Gasteiger partial charge in [0, 0.05) is 18.5 Å². The Morgan fingerprint density at radius 1 is 1.18 bits per heavy atom. The molecule has 1 aliphatic heterocycles. The topological polar surface area (TPSA) is 29.9 Å². The number of nitrogens with one attached hydrogen (secondary N) is 1. The van der Waals surface area contributed by atoms with Crippen molar-refractivity contribution in [3.63, 3.8) is 0 Å². The molecular formula is C14H23N3. The van der Waals surface area contributed by atoms with Gasteiger partial charge in [0.1, 0.15) is 5.82 Å². The molecule has 1 atom stereocenters. The summed E-state index contributed by atoms with van der Waals surface area (Å²) >= 11 is 0. The van der Waals surface area contributed by atoms with E-state index in [0.717, 1.165) is 6.54 Å². The van der Waals surface area contributed by atoms with Gasteiger partial charge in [-0.2, -0.15) is 5.10 Å². The first kappa shape index (κ1) is 11.1. The predicted molar refractivity (Wildman–Crippen MR) is 70.5 cm³/mol. The van der Waals surface area contributed by atoms with Gasteiger partial charge in [-0.3, -0.25) is 0 Å². The van der Waals surface area contributed by atoms with Gasteiger partial charge in [-0.1, -0.05) is 25.7 Å². The molecule has 1 unspecified atom stereocenters. The standard InChI is InChI=1S/C14H23N3/c1-11-8-9-15-14-10-13(16-17(11)14)12-6-4-2-3-5-7-12/h10-12,15H,2-9H2,1H3. The summed E-state index contributed by atoms with van der Waals surface area (Å²) in [5.41, 5.74) is 1.34. The molecule has 1 aromatic heterocycles. The third-order valence-electron chi connectivity index (χ3n) is 4.31. The Hall–Kier alpha value is -0.990. The van der Waals surface area contributed by atoms with Crippen LogP contribution in [0, 0.1) is 0 Å². The van der Waals surface area contributed by atoms with Crippen LogP contribution >= 0.6 is 0 Å². The second kappa shape index (κ2) is 4.71. The first-order valence-electron chi connectivity index (χ1n) is 7.18. The van der Waals surface area contributed by atoms with Crippen LogP contribution in [0.3, 0.4) is 0 Å². The van der Waals surface area contributed by atoms with E-state index >= 15 is 0 Å². The van der Waals surface area contributed by atoms with E-state index in [1.54, 1.807) is 0 Å². The highest BCUT2D eigenvalue weighted by Gasteiger charge is 2.22. The number of nitrogens with zero attached hydrogens (tertiary/aromatic N) is 2. The van der Waals surface area contributed by atoms with E-state index in [1.807, 2.05) is 0 Å². The molecule has 0 amide bonds. The molecule has 3 nitrogen and oxygen atoms in total. The van der Waals surface area contributed by atoms with Gasteiger partial charge in [0.05, 0.1) is 11.7 Å². The summed E-state index contributed by atoms with van der Waals surface area (Å²) in [5, 5.41) is 8.32. The van der Waals surface area contributed by atoms with Crippen molar-refractivity contribution in [3.8, 4) is 0 Å². The van der Waals surface area contributed by atoms with Crippen molar-refractivity contribution in [3.05, 3.63) is 11.8 Å². The number of hydrogen-bond acceptors (Lipinski definition) is 2. The van der Waals surface area contributed by atoms with Crippen LogP contribution in [0.15, 0.2) is 6.07 Å². The number of fused-ring (bicyclic) bond motifs is 1. The quantitative estimate of drug-likeness (QED) is 0.750. The first-order valence-corrected chi connectivity index (χ1v) is 7.18. The second-order valence-corrected chi connectivity index (χ2v) is 5.65. The summed E-state index contributed by atoms with van der Waals surface area (Å²) in [6.07, 6.45) is 9.47. The summed E-state index contributed by atoms with van der Waals surface area (Å²) in [7, 11) is 0. The second-order valence-electron chi connectivity index (χ2n) is 5.65. The molecule has 3 rings (SSSR count). The summed E-state index contributed by atoms with van der Waals surface area (Å²) in [6.45, 7) is 3.37. The molecule has 0 spiro atoms. The molecular weight excluding hydrogens is 210 g/mol. The molecule has 1 fully saturated rings. The van der Waals surface area contributed by atoms with Crippen LogP contribution in [0.1, 0.15) is 69.5 Å². The molecule has 1 saturated carbocycles. The van der Waals surface area contributed by atoms with Crippen LogP contribution in [0.25, 0.3) is 0 Å². The fraction of sp³-hybridized carbons (Fsp3) is 0.786. The minimum Gasteiger partial charge on any atom is -0.370 e. The Morgan fingerprint density at radius 3 is 2.65 bits per heavy atom. The van der Waals surface area contributed by atoms with E-state index < -0.39 is 0 Å². The van der Waals surface area contributed by atoms with Crippen LogP contribution < -0.4 is 5.32 Å². The maximum Gasteiger partial charge on any atom is 0.124 e. The summed E-state index contributed by atoms with van der Waals surface area (Å²) in [5.74, 6) is 1.95. The van der Waals surface area contributed by atoms with Crippen molar-refractivity contribution < 1.29 is 0 Å². The number of rotatable bonds is 1. The average molecular weight is 233 g/mol. The van der Waals surface area contributed by atoms with E-state index in [0.29, 0.717) is 12.0 Å². The van der Waals surface area contributed by atoms with Crippen LogP contribution in [0.4, 0.5) is 5.82 Å². The van der Waals surface area contributed by atoms with Crippen LogP contribution in [0.2, 0.25) is 0 Å².